The van der Waals surface area contributed by atoms with Gasteiger partial charge in [-0.2, -0.15) is 0 Å². The summed E-state index contributed by atoms with van der Waals surface area (Å²) in [7, 11) is -3.32. The van der Waals surface area contributed by atoms with E-state index in [9.17, 15) is 8.42 Å². The van der Waals surface area contributed by atoms with Crippen LogP contribution in [0, 0.1) is 6.92 Å². The molecule has 20 heavy (non-hydrogen) atoms. The highest BCUT2D eigenvalue weighted by molar-refractivity contribution is 7.92. The van der Waals surface area contributed by atoms with Crippen LogP contribution in [0.5, 0.6) is 0 Å². The molecule has 106 valence electrons. The second-order valence-electron chi connectivity index (χ2n) is 4.52. The van der Waals surface area contributed by atoms with Gasteiger partial charge in [0.05, 0.1) is 6.26 Å². The van der Waals surface area contributed by atoms with Gasteiger partial charge in [-0.1, -0.05) is 29.8 Å². The molecule has 2 aromatic rings. The number of nitrogens with one attached hydrogen (secondary N) is 2. The van der Waals surface area contributed by atoms with Crippen LogP contribution in [0.2, 0.25) is 0 Å². The van der Waals surface area contributed by atoms with E-state index in [0.29, 0.717) is 12.4 Å². The van der Waals surface area contributed by atoms with Gasteiger partial charge in [0, 0.05) is 6.54 Å². The highest BCUT2D eigenvalue weighted by Crippen LogP contribution is 2.10. The number of aryl methyl sites for hydroxylation is 1. The quantitative estimate of drug-likeness (QED) is 0.877. The van der Waals surface area contributed by atoms with Gasteiger partial charge in [-0.15, -0.1) is 10.2 Å². The minimum absolute atomic E-state index is 0.202. The van der Waals surface area contributed by atoms with Crippen LogP contribution in [0.25, 0.3) is 0 Å². The summed E-state index contributed by atoms with van der Waals surface area (Å²) in [5.74, 6) is 0.791. The Kier molecular flexibility index (Phi) is 4.19. The number of rotatable bonds is 5. The molecule has 2 N–H and O–H groups in total. The Labute approximate surface area is 118 Å². The molecule has 0 saturated carbocycles. The first-order chi connectivity index (χ1) is 9.42. The number of sulfonamides is 1. The van der Waals surface area contributed by atoms with Crippen LogP contribution in [-0.4, -0.2) is 24.9 Å². The largest absolute Gasteiger partial charge is 0.365 e. The maximum absolute atomic E-state index is 11.0. The summed E-state index contributed by atoms with van der Waals surface area (Å²) < 4.78 is 24.3. The Morgan fingerprint density at radius 1 is 1.10 bits per heavy atom. The summed E-state index contributed by atoms with van der Waals surface area (Å²) >= 11 is 0. The summed E-state index contributed by atoms with van der Waals surface area (Å²) in [6, 6.07) is 11.4. The van der Waals surface area contributed by atoms with Crippen LogP contribution in [0.15, 0.2) is 36.4 Å². The fraction of sp³-hybridized carbons (Fsp3) is 0.231. The fourth-order valence-corrected chi connectivity index (χ4v) is 2.17. The van der Waals surface area contributed by atoms with Gasteiger partial charge >= 0.3 is 0 Å². The maximum Gasteiger partial charge on any atom is 0.231 e. The van der Waals surface area contributed by atoms with Gasteiger partial charge in [-0.05, 0) is 24.6 Å². The van der Waals surface area contributed by atoms with Gasteiger partial charge in [0.15, 0.2) is 5.82 Å². The Hall–Kier alpha value is -2.15. The second-order valence-corrected chi connectivity index (χ2v) is 6.27. The summed E-state index contributed by atoms with van der Waals surface area (Å²) in [6.07, 6.45) is 1.07. The molecule has 1 heterocycles. The van der Waals surface area contributed by atoms with E-state index in [1.165, 1.54) is 5.56 Å². The summed E-state index contributed by atoms with van der Waals surface area (Å²) in [5.41, 5.74) is 2.34. The van der Waals surface area contributed by atoms with Crippen LogP contribution in [-0.2, 0) is 16.6 Å². The second kappa shape index (κ2) is 5.87. The molecule has 1 aromatic heterocycles. The Bertz CT molecular complexity index is 684. The van der Waals surface area contributed by atoms with Crippen molar-refractivity contribution in [3.8, 4) is 0 Å². The molecular weight excluding hydrogens is 276 g/mol. The average Bonchev–Trinajstić information content (AvgIpc) is 2.36. The van der Waals surface area contributed by atoms with Gasteiger partial charge in [-0.3, -0.25) is 4.72 Å². The molecule has 7 heteroatoms. The summed E-state index contributed by atoms with van der Waals surface area (Å²) in [4.78, 5) is 0. The molecule has 0 aliphatic carbocycles. The van der Waals surface area contributed by atoms with Crippen molar-refractivity contribution < 1.29 is 8.42 Å². The maximum atomic E-state index is 11.0. The molecule has 0 bridgehead atoms. The predicted octanol–water partition coefficient (Wildman–Crippen LogP) is 1.77. The van der Waals surface area contributed by atoms with Crippen molar-refractivity contribution in [1.29, 1.82) is 0 Å². The number of benzene rings is 1. The zero-order valence-electron chi connectivity index (χ0n) is 11.3. The van der Waals surface area contributed by atoms with Crippen molar-refractivity contribution >= 4 is 21.7 Å². The lowest BCUT2D eigenvalue weighted by molar-refractivity contribution is 0.606. The molecule has 0 aliphatic heterocycles. The van der Waals surface area contributed by atoms with Crippen LogP contribution in [0.4, 0.5) is 11.6 Å². The minimum atomic E-state index is -3.32. The lowest BCUT2D eigenvalue weighted by atomic mass is 10.1. The van der Waals surface area contributed by atoms with E-state index in [1.807, 2.05) is 25.1 Å². The first-order valence-corrected chi connectivity index (χ1v) is 7.92. The number of hydrogen-bond donors (Lipinski definition) is 2. The predicted molar refractivity (Wildman–Crippen MR) is 79.0 cm³/mol. The minimum Gasteiger partial charge on any atom is -0.365 e. The summed E-state index contributed by atoms with van der Waals surface area (Å²) in [5, 5.41) is 10.8. The van der Waals surface area contributed by atoms with Gasteiger partial charge in [-0.25, -0.2) is 8.42 Å². The third-order valence-corrected chi connectivity index (χ3v) is 3.09. The highest BCUT2D eigenvalue weighted by Gasteiger charge is 2.03. The van der Waals surface area contributed by atoms with E-state index in [2.05, 4.69) is 26.3 Å². The van der Waals surface area contributed by atoms with Crippen molar-refractivity contribution in [2.75, 3.05) is 16.3 Å². The number of aromatic nitrogens is 2. The Balaban J connectivity index is 1.97. The van der Waals surface area contributed by atoms with E-state index >= 15 is 0 Å². The van der Waals surface area contributed by atoms with Crippen molar-refractivity contribution in [1.82, 2.24) is 10.2 Å². The molecule has 0 atom stereocenters. The fourth-order valence-electron chi connectivity index (χ4n) is 1.69. The van der Waals surface area contributed by atoms with E-state index < -0.39 is 10.0 Å². The van der Waals surface area contributed by atoms with Crippen molar-refractivity contribution in [2.24, 2.45) is 0 Å². The van der Waals surface area contributed by atoms with Crippen molar-refractivity contribution in [2.45, 2.75) is 13.5 Å². The van der Waals surface area contributed by atoms with E-state index in [-0.39, 0.29) is 5.82 Å². The molecule has 0 amide bonds. The normalized spacial score (nSPS) is 11.1. The molecule has 0 fully saturated rings. The molecule has 0 radical (unpaired) electrons. The van der Waals surface area contributed by atoms with Gasteiger partial charge < -0.3 is 5.32 Å². The molecular formula is C13H16N4O2S. The molecule has 0 spiro atoms. The van der Waals surface area contributed by atoms with E-state index in [1.54, 1.807) is 12.1 Å². The third kappa shape index (κ3) is 4.51. The third-order valence-electron chi connectivity index (χ3n) is 2.51. The zero-order chi connectivity index (χ0) is 14.6. The number of hydrogen-bond acceptors (Lipinski definition) is 5. The number of nitrogens with zero attached hydrogens (tertiary/aromatic N) is 2. The molecule has 0 saturated heterocycles. The average molecular weight is 292 g/mol. The van der Waals surface area contributed by atoms with E-state index in [4.69, 9.17) is 0 Å². The lowest BCUT2D eigenvalue weighted by Crippen LogP contribution is -2.11. The van der Waals surface area contributed by atoms with Gasteiger partial charge in [0.2, 0.25) is 10.0 Å². The molecule has 1 aromatic carbocycles. The standard InChI is InChI=1S/C13H16N4O2S/c1-10-4-3-5-11(8-10)9-14-12-6-7-13(16-15-12)17-20(2,18)19/h3-8H,9H2,1-2H3,(H,14,15)(H,16,17). The monoisotopic (exact) mass is 292 g/mol. The van der Waals surface area contributed by atoms with Crippen LogP contribution >= 0.6 is 0 Å². The lowest BCUT2D eigenvalue weighted by Gasteiger charge is -2.07. The van der Waals surface area contributed by atoms with Crippen molar-refractivity contribution in [3.05, 3.63) is 47.5 Å². The van der Waals surface area contributed by atoms with Crippen LogP contribution in [0.3, 0.4) is 0 Å². The summed E-state index contributed by atoms with van der Waals surface area (Å²) in [6.45, 7) is 2.67. The molecule has 0 aliphatic rings. The molecule has 6 nitrogen and oxygen atoms in total. The van der Waals surface area contributed by atoms with Gasteiger partial charge in [0.25, 0.3) is 0 Å². The Morgan fingerprint density at radius 2 is 1.80 bits per heavy atom. The topological polar surface area (TPSA) is 84.0 Å². The Morgan fingerprint density at radius 3 is 2.40 bits per heavy atom. The SMILES string of the molecule is Cc1cccc(CNc2ccc(NS(C)(=O)=O)nn2)c1. The molecule has 2 rings (SSSR count). The van der Waals surface area contributed by atoms with E-state index in [0.717, 1.165) is 11.8 Å². The highest BCUT2D eigenvalue weighted by atomic mass is 32.2. The number of anilines is 2. The van der Waals surface area contributed by atoms with Crippen LogP contribution < -0.4 is 10.0 Å². The van der Waals surface area contributed by atoms with Crippen molar-refractivity contribution in [3.63, 3.8) is 0 Å². The van der Waals surface area contributed by atoms with Crippen LogP contribution in [0.1, 0.15) is 11.1 Å². The zero-order valence-corrected chi connectivity index (χ0v) is 12.1. The first-order valence-electron chi connectivity index (χ1n) is 6.03. The smallest absolute Gasteiger partial charge is 0.231 e. The first kappa shape index (κ1) is 14.3. The van der Waals surface area contributed by atoms with Gasteiger partial charge in [0.1, 0.15) is 5.82 Å². The molecule has 0 unspecified atom stereocenters.